The van der Waals surface area contributed by atoms with Gasteiger partial charge in [0, 0.05) is 17.8 Å². The van der Waals surface area contributed by atoms with E-state index in [0.717, 1.165) is 6.42 Å². The third-order valence-corrected chi connectivity index (χ3v) is 4.59. The van der Waals surface area contributed by atoms with Gasteiger partial charge in [-0.2, -0.15) is 6.08 Å². The van der Waals surface area contributed by atoms with Crippen LogP contribution in [0.25, 0.3) is 21.5 Å². The molecule has 0 heterocycles. The predicted octanol–water partition coefficient (Wildman–Crippen LogP) is 1.39. The van der Waals surface area contributed by atoms with Gasteiger partial charge in [-0.1, -0.05) is 36.4 Å². The van der Waals surface area contributed by atoms with Crippen LogP contribution in [-0.4, -0.2) is 15.3 Å². The second-order valence-corrected chi connectivity index (χ2v) is 10.6. The van der Waals surface area contributed by atoms with Crippen molar-refractivity contribution in [3.8, 4) is 0 Å². The Hall–Kier alpha value is -1.08. The molecule has 166 valence electrons. The van der Waals surface area contributed by atoms with E-state index in [1.165, 1.54) is 30.4 Å². The second kappa shape index (κ2) is 14.9. The van der Waals surface area contributed by atoms with Gasteiger partial charge in [-0.3, -0.25) is 6.08 Å². The predicted molar refractivity (Wildman–Crippen MR) is 128 cm³/mol. The van der Waals surface area contributed by atoms with Crippen LogP contribution >= 0.6 is 0 Å². The average Bonchev–Trinajstić information content (AvgIpc) is 3.32. The number of hydrogen-bond acceptors (Lipinski definition) is 1. The minimum absolute atomic E-state index is 0. The molecule has 0 N–H and O–H groups in total. The summed E-state index contributed by atoms with van der Waals surface area (Å²) >= 11 is 1.55. The Morgan fingerprint density at radius 3 is 2.00 bits per heavy atom. The quantitative estimate of drug-likeness (QED) is 0.460. The number of hydrogen-bond donors (Lipinski definition) is 0. The Morgan fingerprint density at radius 2 is 1.52 bits per heavy atom. The van der Waals surface area contributed by atoms with E-state index in [4.69, 9.17) is 0 Å². The van der Waals surface area contributed by atoms with Crippen molar-refractivity contribution in [1.29, 1.82) is 0 Å². The van der Waals surface area contributed by atoms with Crippen molar-refractivity contribution in [2.45, 2.75) is 60.0 Å². The molecular weight excluding hydrogens is 500 g/mol. The molecule has 0 saturated carbocycles. The Balaban J connectivity index is 0.000000691. The van der Waals surface area contributed by atoms with Crippen molar-refractivity contribution in [2.24, 2.45) is 0 Å². The third kappa shape index (κ3) is 9.13. The largest absolute Gasteiger partial charge is 1.00 e. The molecule has 0 radical (unpaired) electrons. The van der Waals surface area contributed by atoms with Crippen LogP contribution in [0, 0.1) is 6.08 Å². The van der Waals surface area contributed by atoms with E-state index in [1.807, 2.05) is 12.2 Å². The number of anilines is 1. The maximum Gasteiger partial charge on any atom is -0.109 e. The topological polar surface area (TPSA) is 3.24 Å². The molecule has 0 unspecified atom stereocenters. The first-order valence-electron chi connectivity index (χ1n) is 10.4. The van der Waals surface area contributed by atoms with Gasteiger partial charge in [0.05, 0.1) is 0 Å². The molecule has 0 aromatic heterocycles. The van der Waals surface area contributed by atoms with Crippen molar-refractivity contribution in [3.05, 3.63) is 72.8 Å². The Morgan fingerprint density at radius 1 is 0.935 bits per heavy atom. The molecule has 3 aromatic rings. The smallest absolute Gasteiger partial charge is 0.109 e. The normalized spacial score (nSPS) is 11.4. The van der Waals surface area contributed by atoms with E-state index in [1.54, 1.807) is 24.2 Å². The number of rotatable bonds is 3. The Bertz CT molecular complexity index is 977. The molecule has 3 aromatic carbocycles. The van der Waals surface area contributed by atoms with E-state index < -0.39 is 0 Å². The monoisotopic (exact) mass is 531 g/mol. The van der Waals surface area contributed by atoms with Crippen LogP contribution in [0.3, 0.4) is 0 Å². The number of benzene rings is 2. The van der Waals surface area contributed by atoms with E-state index in [0.29, 0.717) is 12.1 Å². The summed E-state index contributed by atoms with van der Waals surface area (Å²) in [6, 6.07) is 18.8. The van der Waals surface area contributed by atoms with Crippen molar-refractivity contribution < 1.29 is 49.0 Å². The molecule has 0 amide bonds. The number of fused-ring (bicyclic) bond motifs is 3. The molecular formula is C27H33Cl2NZr-2. The van der Waals surface area contributed by atoms with E-state index in [2.05, 4.69) is 107 Å². The minimum Gasteiger partial charge on any atom is -1.00 e. The maximum absolute atomic E-state index is 2.99. The standard InChI is InChI=1S/C19H22N.C5H5.C3H6.2ClH.Zr/c1-13(2)20(14(3)4)17-9-10-19-16(12-17)11-15-7-5-6-8-18(15)19;1-2-4-5-3-1;1-3-2;;;/h5-14H,1-4H3;1-3H,4H2;1-2H3;2*1H;/q2*-1;;;;+2/p-2. The van der Waals surface area contributed by atoms with Gasteiger partial charge in [0.15, 0.2) is 0 Å². The molecule has 4 rings (SSSR count). The van der Waals surface area contributed by atoms with Gasteiger partial charge in [-0.05, 0) is 27.7 Å². The fourth-order valence-electron chi connectivity index (χ4n) is 3.64. The van der Waals surface area contributed by atoms with E-state index in [9.17, 15) is 0 Å². The molecule has 0 atom stereocenters. The van der Waals surface area contributed by atoms with Crippen LogP contribution in [-0.2, 0) is 24.2 Å². The third-order valence-electron chi connectivity index (χ3n) is 4.59. The van der Waals surface area contributed by atoms with E-state index in [-0.39, 0.29) is 24.8 Å². The van der Waals surface area contributed by atoms with Crippen LogP contribution in [0.15, 0.2) is 66.8 Å². The molecule has 1 aliphatic rings. The zero-order valence-electron chi connectivity index (χ0n) is 19.4. The first-order chi connectivity index (χ1) is 13.8. The second-order valence-electron chi connectivity index (χ2n) is 8.10. The molecule has 0 bridgehead atoms. The van der Waals surface area contributed by atoms with Gasteiger partial charge < -0.3 is 29.7 Å². The first-order valence-corrected chi connectivity index (χ1v) is 11.6. The van der Waals surface area contributed by atoms with Gasteiger partial charge >= 0.3 is 41.3 Å². The fraction of sp³-hybridized carbons (Fsp3) is 0.333. The summed E-state index contributed by atoms with van der Waals surface area (Å²) in [4.78, 5) is 2.47. The van der Waals surface area contributed by atoms with Crippen molar-refractivity contribution in [2.75, 3.05) is 4.90 Å². The van der Waals surface area contributed by atoms with Crippen molar-refractivity contribution in [1.82, 2.24) is 0 Å². The van der Waals surface area contributed by atoms with Gasteiger partial charge in [-0.25, -0.2) is 12.2 Å². The summed E-state index contributed by atoms with van der Waals surface area (Å²) in [5, 5.41) is 5.39. The van der Waals surface area contributed by atoms with Gasteiger partial charge in [0.2, 0.25) is 0 Å². The zero-order chi connectivity index (χ0) is 21.4. The molecule has 4 heteroatoms. The molecule has 31 heavy (non-hydrogen) atoms. The number of halogens is 2. The summed E-state index contributed by atoms with van der Waals surface area (Å²) in [6.45, 7) is 13.3. The van der Waals surface area contributed by atoms with Gasteiger partial charge in [0.1, 0.15) is 0 Å². The van der Waals surface area contributed by atoms with Crippen LogP contribution < -0.4 is 29.7 Å². The van der Waals surface area contributed by atoms with Crippen LogP contribution in [0.4, 0.5) is 5.69 Å². The summed E-state index contributed by atoms with van der Waals surface area (Å²) in [7, 11) is 0. The average molecular weight is 534 g/mol. The Labute approximate surface area is 216 Å². The number of allylic oxidation sites excluding steroid dienone is 4. The van der Waals surface area contributed by atoms with Gasteiger partial charge in [-0.15, -0.1) is 40.1 Å². The van der Waals surface area contributed by atoms with Crippen molar-refractivity contribution >= 4 is 30.4 Å². The molecule has 0 spiro atoms. The summed E-state index contributed by atoms with van der Waals surface area (Å²) in [6.07, 6.45) is 10.0. The molecule has 0 aliphatic heterocycles. The molecule has 0 saturated heterocycles. The molecule has 0 fully saturated rings. The molecule has 1 nitrogen and oxygen atoms in total. The zero-order valence-corrected chi connectivity index (χ0v) is 23.4. The minimum atomic E-state index is 0. The number of nitrogens with zero attached hydrogens (tertiary/aromatic N) is 1. The first kappa shape index (κ1) is 29.9. The van der Waals surface area contributed by atoms with Crippen molar-refractivity contribution in [3.63, 3.8) is 0 Å². The van der Waals surface area contributed by atoms with Crippen LogP contribution in [0.1, 0.15) is 48.0 Å². The van der Waals surface area contributed by atoms with E-state index >= 15 is 0 Å². The summed E-state index contributed by atoms with van der Waals surface area (Å²) in [5.74, 6) is 0. The van der Waals surface area contributed by atoms with Gasteiger partial charge in [0.25, 0.3) is 0 Å². The van der Waals surface area contributed by atoms with Crippen LogP contribution in [0.2, 0.25) is 0 Å². The summed E-state index contributed by atoms with van der Waals surface area (Å²) < 4.78 is 1.51. The SMILES string of the molecule is CC(C)N(c1ccc2c(c1)[cH-]c1ccccc12)C(C)C.C[C](C)=[Zr+2].[C-]1=CC=CC1.[Cl-].[Cl-]. The molecule has 1 aliphatic carbocycles. The summed E-state index contributed by atoms with van der Waals surface area (Å²) in [5.41, 5.74) is 1.32. The maximum atomic E-state index is 2.99. The fourth-order valence-corrected chi connectivity index (χ4v) is 3.64. The van der Waals surface area contributed by atoms with Crippen LogP contribution in [0.5, 0.6) is 0 Å². The Kier molecular flexibility index (Phi) is 14.4.